The molecule has 1 atom stereocenters. The molecule has 1 saturated heterocycles. The van der Waals surface area contributed by atoms with Crippen LogP contribution in [-0.4, -0.2) is 35.0 Å². The molecule has 4 nitrogen and oxygen atoms in total. The monoisotopic (exact) mass is 287 g/mol. The Kier molecular flexibility index (Phi) is 3.27. The van der Waals surface area contributed by atoms with Gasteiger partial charge in [-0.15, -0.1) is 0 Å². The molecule has 1 N–H and O–H groups in total. The van der Waals surface area contributed by atoms with E-state index in [9.17, 15) is 14.7 Å². The van der Waals surface area contributed by atoms with E-state index in [4.69, 9.17) is 0 Å². The van der Waals surface area contributed by atoms with Gasteiger partial charge in [0.1, 0.15) is 5.41 Å². The minimum atomic E-state index is -1.12. The van der Waals surface area contributed by atoms with Crippen LogP contribution in [0.25, 0.3) is 0 Å². The number of aliphatic carboxylic acids is 1. The normalized spacial score (nSPS) is 27.2. The van der Waals surface area contributed by atoms with Crippen LogP contribution in [0.5, 0.6) is 0 Å². The van der Waals surface area contributed by atoms with E-state index in [1.165, 1.54) is 5.56 Å². The number of hydrogen-bond donors (Lipinski definition) is 1. The standard InChI is InChI=1S/C17H21NO3/c1-16(13-6-3-2-4-7-13)8-5-11-18(12-16)14(19)17(9-10-17)15(20)21/h2-4,6-7H,5,8-12H2,1H3,(H,20,21). The Balaban J connectivity index is 1.81. The maximum atomic E-state index is 12.6. The summed E-state index contributed by atoms with van der Waals surface area (Å²) in [5.41, 5.74) is 0.0290. The molecule has 2 fully saturated rings. The molecule has 0 aromatic heterocycles. The van der Waals surface area contributed by atoms with Crippen molar-refractivity contribution in [3.8, 4) is 0 Å². The highest BCUT2D eigenvalue weighted by atomic mass is 16.4. The molecular weight excluding hydrogens is 266 g/mol. The number of benzene rings is 1. The smallest absolute Gasteiger partial charge is 0.319 e. The first kappa shape index (κ1) is 14.1. The fourth-order valence-electron chi connectivity index (χ4n) is 3.44. The average molecular weight is 287 g/mol. The topological polar surface area (TPSA) is 57.6 Å². The molecule has 1 aromatic rings. The maximum absolute atomic E-state index is 12.6. The number of carboxylic acid groups (broad SMARTS) is 1. The van der Waals surface area contributed by atoms with Gasteiger partial charge in [0, 0.05) is 18.5 Å². The lowest BCUT2D eigenvalue weighted by molar-refractivity contribution is -0.154. The maximum Gasteiger partial charge on any atom is 0.319 e. The zero-order valence-electron chi connectivity index (χ0n) is 12.3. The summed E-state index contributed by atoms with van der Waals surface area (Å²) in [6.45, 7) is 3.46. The first-order chi connectivity index (χ1) is 9.98. The van der Waals surface area contributed by atoms with Crippen LogP contribution in [0.4, 0.5) is 0 Å². The first-order valence-corrected chi connectivity index (χ1v) is 7.56. The number of hydrogen-bond acceptors (Lipinski definition) is 2. The van der Waals surface area contributed by atoms with Gasteiger partial charge in [-0.05, 0) is 31.2 Å². The van der Waals surface area contributed by atoms with Gasteiger partial charge in [0.25, 0.3) is 0 Å². The van der Waals surface area contributed by atoms with E-state index in [2.05, 4.69) is 19.1 Å². The molecule has 1 amide bonds. The minimum absolute atomic E-state index is 0.0796. The van der Waals surface area contributed by atoms with E-state index >= 15 is 0 Å². The van der Waals surface area contributed by atoms with Crippen LogP contribution in [-0.2, 0) is 15.0 Å². The van der Waals surface area contributed by atoms with E-state index < -0.39 is 11.4 Å². The SMILES string of the molecule is CC1(c2ccccc2)CCCN(C(=O)C2(C(=O)O)CC2)C1. The molecule has 0 radical (unpaired) electrons. The number of carbonyl (C=O) groups is 2. The van der Waals surface area contributed by atoms with E-state index in [1.54, 1.807) is 4.90 Å². The zero-order chi connectivity index (χ0) is 15.1. The van der Waals surface area contributed by atoms with Gasteiger partial charge in [-0.2, -0.15) is 0 Å². The summed E-state index contributed by atoms with van der Waals surface area (Å²) >= 11 is 0. The first-order valence-electron chi connectivity index (χ1n) is 7.56. The van der Waals surface area contributed by atoms with E-state index in [0.29, 0.717) is 25.9 Å². The van der Waals surface area contributed by atoms with E-state index in [0.717, 1.165) is 12.8 Å². The third-order valence-electron chi connectivity index (χ3n) is 5.02. The zero-order valence-corrected chi connectivity index (χ0v) is 12.3. The largest absolute Gasteiger partial charge is 0.480 e. The van der Waals surface area contributed by atoms with E-state index in [1.807, 2.05) is 18.2 Å². The van der Waals surface area contributed by atoms with Crippen LogP contribution in [0.3, 0.4) is 0 Å². The Labute approximate surface area is 124 Å². The summed E-state index contributed by atoms with van der Waals surface area (Å²) < 4.78 is 0. The summed E-state index contributed by atoms with van der Waals surface area (Å²) in [4.78, 5) is 25.7. The molecule has 0 spiro atoms. The Hall–Kier alpha value is -1.84. The van der Waals surface area contributed by atoms with Crippen molar-refractivity contribution in [2.45, 2.75) is 38.0 Å². The van der Waals surface area contributed by atoms with Gasteiger partial charge in [0.05, 0.1) is 0 Å². The second kappa shape index (κ2) is 4.86. The van der Waals surface area contributed by atoms with Crippen LogP contribution in [0.2, 0.25) is 0 Å². The predicted molar refractivity (Wildman–Crippen MR) is 78.9 cm³/mol. The van der Waals surface area contributed by atoms with Crippen LogP contribution in [0, 0.1) is 5.41 Å². The molecule has 1 aliphatic carbocycles. The molecule has 1 unspecified atom stereocenters. The van der Waals surface area contributed by atoms with Crippen LogP contribution >= 0.6 is 0 Å². The summed E-state index contributed by atoms with van der Waals surface area (Å²) in [7, 11) is 0. The quantitative estimate of drug-likeness (QED) is 0.869. The number of piperidine rings is 1. The highest BCUT2D eigenvalue weighted by Gasteiger charge is 2.59. The summed E-state index contributed by atoms with van der Waals surface area (Å²) in [5.74, 6) is -1.14. The fraction of sp³-hybridized carbons (Fsp3) is 0.529. The third kappa shape index (κ3) is 2.33. The van der Waals surface area contributed by atoms with Crippen molar-refractivity contribution in [2.24, 2.45) is 5.41 Å². The lowest BCUT2D eigenvalue weighted by Gasteiger charge is -2.41. The lowest BCUT2D eigenvalue weighted by Crippen LogP contribution is -2.50. The number of amides is 1. The fourth-order valence-corrected chi connectivity index (χ4v) is 3.44. The average Bonchev–Trinajstić information content (AvgIpc) is 3.29. The summed E-state index contributed by atoms with van der Waals surface area (Å²) in [6, 6.07) is 10.2. The number of carboxylic acids is 1. The van der Waals surface area contributed by atoms with Crippen molar-refractivity contribution in [1.82, 2.24) is 4.90 Å². The molecule has 0 bridgehead atoms. The van der Waals surface area contributed by atoms with Crippen molar-refractivity contribution in [2.75, 3.05) is 13.1 Å². The Morgan fingerprint density at radius 2 is 1.81 bits per heavy atom. The second-order valence-electron chi connectivity index (χ2n) is 6.64. The van der Waals surface area contributed by atoms with Gasteiger partial charge >= 0.3 is 5.97 Å². The van der Waals surface area contributed by atoms with Crippen molar-refractivity contribution in [1.29, 1.82) is 0 Å². The summed E-state index contributed by atoms with van der Waals surface area (Å²) in [6.07, 6.45) is 2.92. The molecule has 21 heavy (non-hydrogen) atoms. The number of likely N-dealkylation sites (tertiary alicyclic amines) is 1. The molecule has 1 heterocycles. The molecule has 1 saturated carbocycles. The summed E-state index contributed by atoms with van der Waals surface area (Å²) in [5, 5.41) is 9.30. The Morgan fingerprint density at radius 3 is 2.38 bits per heavy atom. The van der Waals surface area contributed by atoms with Crippen molar-refractivity contribution in [3.05, 3.63) is 35.9 Å². The molecule has 112 valence electrons. The lowest BCUT2D eigenvalue weighted by atomic mass is 9.75. The van der Waals surface area contributed by atoms with Crippen molar-refractivity contribution >= 4 is 11.9 Å². The Bertz CT molecular complexity index is 565. The highest BCUT2D eigenvalue weighted by molar-refractivity contribution is 6.04. The predicted octanol–water partition coefficient (Wildman–Crippen LogP) is 2.43. The highest BCUT2D eigenvalue weighted by Crippen LogP contribution is 2.48. The van der Waals surface area contributed by atoms with Gasteiger partial charge in [0.2, 0.25) is 5.91 Å². The number of carbonyl (C=O) groups excluding carboxylic acids is 1. The second-order valence-corrected chi connectivity index (χ2v) is 6.64. The molecule has 1 aliphatic heterocycles. The van der Waals surface area contributed by atoms with Crippen LogP contribution in [0.1, 0.15) is 38.2 Å². The van der Waals surface area contributed by atoms with Gasteiger partial charge < -0.3 is 10.0 Å². The Morgan fingerprint density at radius 1 is 1.14 bits per heavy atom. The molecule has 3 rings (SSSR count). The molecule has 4 heteroatoms. The van der Waals surface area contributed by atoms with Crippen molar-refractivity contribution < 1.29 is 14.7 Å². The number of rotatable bonds is 3. The van der Waals surface area contributed by atoms with Gasteiger partial charge in [-0.1, -0.05) is 37.3 Å². The van der Waals surface area contributed by atoms with Gasteiger partial charge in [0.15, 0.2) is 0 Å². The third-order valence-corrected chi connectivity index (χ3v) is 5.02. The molecule has 2 aliphatic rings. The molecule has 1 aromatic carbocycles. The van der Waals surface area contributed by atoms with Crippen LogP contribution < -0.4 is 0 Å². The van der Waals surface area contributed by atoms with Crippen LogP contribution in [0.15, 0.2) is 30.3 Å². The number of nitrogens with zero attached hydrogens (tertiary/aromatic N) is 1. The van der Waals surface area contributed by atoms with E-state index in [-0.39, 0.29) is 11.3 Å². The van der Waals surface area contributed by atoms with Gasteiger partial charge in [-0.3, -0.25) is 9.59 Å². The van der Waals surface area contributed by atoms with Gasteiger partial charge in [-0.25, -0.2) is 0 Å². The molecular formula is C17H21NO3. The van der Waals surface area contributed by atoms with Crippen molar-refractivity contribution in [3.63, 3.8) is 0 Å². The minimum Gasteiger partial charge on any atom is -0.480 e.